The lowest BCUT2D eigenvalue weighted by atomic mass is 9.96. The number of rotatable bonds is 1. The van der Waals surface area contributed by atoms with Crippen LogP contribution >= 0.6 is 0 Å². The van der Waals surface area contributed by atoms with E-state index < -0.39 is 6.03 Å². The molecule has 2 aliphatic heterocycles. The van der Waals surface area contributed by atoms with Gasteiger partial charge in [0.1, 0.15) is 0 Å². The Labute approximate surface area is 83.3 Å². The first-order valence-electron chi connectivity index (χ1n) is 5.15. The Hall–Kier alpha value is -0.810. The van der Waals surface area contributed by atoms with Crippen LogP contribution in [0.2, 0.25) is 0 Å². The van der Waals surface area contributed by atoms with Crippen LogP contribution in [0, 0.1) is 0 Å². The van der Waals surface area contributed by atoms with Crippen molar-refractivity contribution in [3.05, 3.63) is 0 Å². The topological polar surface area (TPSA) is 78.6 Å². The lowest BCUT2D eigenvalue weighted by molar-refractivity contribution is 0.0204. The highest BCUT2D eigenvalue weighted by Gasteiger charge is 2.37. The minimum absolute atomic E-state index is 0.0110. The first-order valence-corrected chi connectivity index (χ1v) is 5.15. The summed E-state index contributed by atoms with van der Waals surface area (Å²) in [7, 11) is 0. The monoisotopic (exact) mass is 199 g/mol. The van der Waals surface area contributed by atoms with E-state index in [9.17, 15) is 9.90 Å². The summed E-state index contributed by atoms with van der Waals surface area (Å²) in [6.45, 7) is 1.85. The molecular formula is C9H17N3O2. The van der Waals surface area contributed by atoms with Crippen LogP contribution < -0.4 is 11.1 Å². The number of nitrogens with one attached hydrogen (secondary N) is 1. The van der Waals surface area contributed by atoms with E-state index in [0.29, 0.717) is 12.5 Å². The minimum Gasteiger partial charge on any atom is -0.391 e. The van der Waals surface area contributed by atoms with Gasteiger partial charge in [0.25, 0.3) is 0 Å². The van der Waals surface area contributed by atoms with Crippen LogP contribution in [0.3, 0.4) is 0 Å². The van der Waals surface area contributed by atoms with E-state index in [1.165, 1.54) is 0 Å². The highest BCUT2D eigenvalue weighted by Crippen LogP contribution is 2.27. The smallest absolute Gasteiger partial charge is 0.312 e. The summed E-state index contributed by atoms with van der Waals surface area (Å²) in [5.74, 6) is 0. The van der Waals surface area contributed by atoms with Gasteiger partial charge >= 0.3 is 6.03 Å². The van der Waals surface area contributed by atoms with Crippen molar-refractivity contribution in [1.29, 1.82) is 0 Å². The molecule has 5 nitrogen and oxygen atoms in total. The molecule has 14 heavy (non-hydrogen) atoms. The quantitative estimate of drug-likeness (QED) is 0.520. The standard InChI is InChI=1S/C9H17N3O2/c10-9(14)11-6-4-8(13)7-2-1-3-12(7)5-6/h6-8,13H,1-5H2,(H3,10,11,14). The molecule has 5 heteroatoms. The molecular weight excluding hydrogens is 182 g/mol. The molecule has 2 fully saturated rings. The molecule has 0 radical (unpaired) electrons. The Morgan fingerprint density at radius 3 is 3.07 bits per heavy atom. The van der Waals surface area contributed by atoms with Crippen molar-refractivity contribution in [1.82, 2.24) is 10.2 Å². The first-order chi connectivity index (χ1) is 6.66. The van der Waals surface area contributed by atoms with Gasteiger partial charge in [0.2, 0.25) is 0 Å². The van der Waals surface area contributed by atoms with E-state index in [4.69, 9.17) is 5.73 Å². The lowest BCUT2D eigenvalue weighted by Gasteiger charge is -2.38. The minimum atomic E-state index is -0.500. The fourth-order valence-electron chi connectivity index (χ4n) is 2.63. The number of hydrogen-bond donors (Lipinski definition) is 3. The number of primary amides is 1. The number of aliphatic hydroxyl groups is 1. The van der Waals surface area contributed by atoms with E-state index >= 15 is 0 Å². The average molecular weight is 199 g/mol. The highest BCUT2D eigenvalue weighted by atomic mass is 16.3. The summed E-state index contributed by atoms with van der Waals surface area (Å²) >= 11 is 0. The summed E-state index contributed by atoms with van der Waals surface area (Å²) < 4.78 is 0. The van der Waals surface area contributed by atoms with E-state index in [1.807, 2.05) is 0 Å². The predicted octanol–water partition coefficient (Wildman–Crippen LogP) is -0.748. The molecule has 0 aromatic heterocycles. The van der Waals surface area contributed by atoms with Gasteiger partial charge in [-0.1, -0.05) is 0 Å². The summed E-state index contributed by atoms with van der Waals surface area (Å²) in [4.78, 5) is 12.9. The summed E-state index contributed by atoms with van der Waals surface area (Å²) in [6.07, 6.45) is 2.53. The van der Waals surface area contributed by atoms with Crippen LogP contribution in [0.15, 0.2) is 0 Å². The third-order valence-electron chi connectivity index (χ3n) is 3.19. The molecule has 2 saturated heterocycles. The fourth-order valence-corrected chi connectivity index (χ4v) is 2.63. The predicted molar refractivity (Wildman–Crippen MR) is 51.7 cm³/mol. The number of aliphatic hydroxyl groups excluding tert-OH is 1. The van der Waals surface area contributed by atoms with Crippen LogP contribution in [-0.2, 0) is 0 Å². The maximum Gasteiger partial charge on any atom is 0.312 e. The van der Waals surface area contributed by atoms with E-state index in [-0.39, 0.29) is 12.1 Å². The Morgan fingerprint density at radius 2 is 2.36 bits per heavy atom. The molecule has 0 aromatic rings. The third kappa shape index (κ3) is 1.83. The number of carbonyl (C=O) groups is 1. The van der Waals surface area contributed by atoms with Gasteiger partial charge in [-0.05, 0) is 25.8 Å². The highest BCUT2D eigenvalue weighted by molar-refractivity contribution is 5.72. The van der Waals surface area contributed by atoms with Gasteiger partial charge in [0.05, 0.1) is 6.10 Å². The number of amides is 2. The number of nitrogens with two attached hydrogens (primary N) is 1. The molecule has 2 rings (SSSR count). The Balaban J connectivity index is 1.95. The second-order valence-corrected chi connectivity index (χ2v) is 4.21. The van der Waals surface area contributed by atoms with Crippen molar-refractivity contribution in [2.75, 3.05) is 13.1 Å². The Bertz CT molecular complexity index is 234. The molecule has 2 aliphatic rings. The molecule has 3 unspecified atom stereocenters. The largest absolute Gasteiger partial charge is 0.391 e. The molecule has 0 aliphatic carbocycles. The van der Waals surface area contributed by atoms with Gasteiger partial charge in [-0.2, -0.15) is 0 Å². The van der Waals surface area contributed by atoms with Crippen LogP contribution in [0.1, 0.15) is 19.3 Å². The summed E-state index contributed by atoms with van der Waals surface area (Å²) in [5, 5.41) is 12.5. The number of carbonyl (C=O) groups excluding carboxylic acids is 1. The van der Waals surface area contributed by atoms with E-state index in [2.05, 4.69) is 10.2 Å². The molecule has 80 valence electrons. The zero-order chi connectivity index (χ0) is 10.1. The Kier molecular flexibility index (Phi) is 2.60. The van der Waals surface area contributed by atoms with Crippen LogP contribution in [0.5, 0.6) is 0 Å². The van der Waals surface area contributed by atoms with Gasteiger partial charge in [0.15, 0.2) is 0 Å². The van der Waals surface area contributed by atoms with Crippen molar-refractivity contribution in [2.45, 2.75) is 37.5 Å². The van der Waals surface area contributed by atoms with Gasteiger partial charge in [0, 0.05) is 18.6 Å². The summed E-state index contributed by atoms with van der Waals surface area (Å²) in [6, 6.07) is -0.183. The zero-order valence-corrected chi connectivity index (χ0v) is 8.15. The van der Waals surface area contributed by atoms with E-state index in [1.54, 1.807) is 0 Å². The second-order valence-electron chi connectivity index (χ2n) is 4.21. The van der Waals surface area contributed by atoms with Crippen LogP contribution in [0.25, 0.3) is 0 Å². The fraction of sp³-hybridized carbons (Fsp3) is 0.889. The molecule has 0 bridgehead atoms. The number of hydrogen-bond acceptors (Lipinski definition) is 3. The van der Waals surface area contributed by atoms with Crippen molar-refractivity contribution < 1.29 is 9.90 Å². The number of urea groups is 1. The third-order valence-corrected chi connectivity index (χ3v) is 3.19. The van der Waals surface area contributed by atoms with Gasteiger partial charge in [-0.15, -0.1) is 0 Å². The van der Waals surface area contributed by atoms with Gasteiger partial charge in [-0.3, -0.25) is 4.90 Å². The van der Waals surface area contributed by atoms with Crippen molar-refractivity contribution >= 4 is 6.03 Å². The molecule has 3 atom stereocenters. The molecule has 0 aromatic carbocycles. The molecule has 2 heterocycles. The summed E-state index contributed by atoms with van der Waals surface area (Å²) in [5.41, 5.74) is 5.06. The Morgan fingerprint density at radius 1 is 1.57 bits per heavy atom. The van der Waals surface area contributed by atoms with Gasteiger partial charge in [-0.25, -0.2) is 4.79 Å². The molecule has 4 N–H and O–H groups in total. The van der Waals surface area contributed by atoms with Gasteiger partial charge < -0.3 is 16.2 Å². The molecule has 0 saturated carbocycles. The van der Waals surface area contributed by atoms with Crippen molar-refractivity contribution in [2.24, 2.45) is 5.73 Å². The molecule has 2 amide bonds. The van der Waals surface area contributed by atoms with E-state index in [0.717, 1.165) is 25.9 Å². The number of fused-ring (bicyclic) bond motifs is 1. The normalized spacial score (nSPS) is 37.9. The maximum absolute atomic E-state index is 10.7. The SMILES string of the molecule is NC(=O)NC1CC(O)C2CCCN2C1. The van der Waals surface area contributed by atoms with Crippen molar-refractivity contribution in [3.8, 4) is 0 Å². The number of piperidine rings is 1. The maximum atomic E-state index is 10.7. The first kappa shape index (κ1) is 9.73. The average Bonchev–Trinajstić information content (AvgIpc) is 2.50. The van der Waals surface area contributed by atoms with Crippen molar-refractivity contribution in [3.63, 3.8) is 0 Å². The second kappa shape index (κ2) is 3.74. The van der Waals surface area contributed by atoms with Crippen LogP contribution in [-0.4, -0.2) is 47.3 Å². The zero-order valence-electron chi connectivity index (χ0n) is 8.15. The molecule has 0 spiro atoms. The lowest BCUT2D eigenvalue weighted by Crippen LogP contribution is -2.56. The number of nitrogens with zero attached hydrogens (tertiary/aromatic N) is 1. The van der Waals surface area contributed by atoms with Crippen LogP contribution in [0.4, 0.5) is 4.79 Å².